The van der Waals surface area contributed by atoms with Crippen LogP contribution in [-0.2, 0) is 4.74 Å². The Bertz CT molecular complexity index is 698. The van der Waals surface area contributed by atoms with Crippen LogP contribution >= 0.6 is 0 Å². The molecule has 0 saturated heterocycles. The molecule has 0 aliphatic carbocycles. The van der Waals surface area contributed by atoms with E-state index in [-0.39, 0.29) is 0 Å². The van der Waals surface area contributed by atoms with Crippen molar-refractivity contribution in [1.82, 2.24) is 14.8 Å². The van der Waals surface area contributed by atoms with Crippen molar-refractivity contribution >= 4 is 17.0 Å². The van der Waals surface area contributed by atoms with Crippen molar-refractivity contribution in [3.63, 3.8) is 0 Å². The number of benzene rings is 1. The Balaban J connectivity index is 2.33. The number of hydrogen-bond donors (Lipinski definition) is 1. The highest BCUT2D eigenvalue weighted by Gasteiger charge is 2.16. The third-order valence-electron chi connectivity index (χ3n) is 2.84. The zero-order chi connectivity index (χ0) is 12.5. The molecule has 0 radical (unpaired) electrons. The molecule has 0 unspecified atom stereocenters. The molecule has 3 aromatic rings. The molecule has 5 nitrogen and oxygen atoms in total. The SMILES string of the molecule is COC(=O)n1c(-c2ccn[nH]2)cc2ccccc21. The second-order valence-corrected chi connectivity index (χ2v) is 3.86. The fourth-order valence-electron chi connectivity index (χ4n) is 2.04. The predicted octanol–water partition coefficient (Wildman–Crippen LogP) is 2.65. The number of carbonyl (C=O) groups excluding carboxylic acids is 1. The Morgan fingerprint density at radius 3 is 2.89 bits per heavy atom. The second kappa shape index (κ2) is 4.03. The number of para-hydroxylation sites is 1. The average molecular weight is 241 g/mol. The van der Waals surface area contributed by atoms with Gasteiger partial charge in [-0.3, -0.25) is 5.10 Å². The monoisotopic (exact) mass is 241 g/mol. The molecule has 18 heavy (non-hydrogen) atoms. The van der Waals surface area contributed by atoms with Crippen molar-refractivity contribution in [2.75, 3.05) is 7.11 Å². The van der Waals surface area contributed by atoms with Crippen LogP contribution in [0.25, 0.3) is 22.3 Å². The highest BCUT2D eigenvalue weighted by atomic mass is 16.5. The quantitative estimate of drug-likeness (QED) is 0.712. The van der Waals surface area contributed by atoms with Gasteiger partial charge in [-0.05, 0) is 18.2 Å². The van der Waals surface area contributed by atoms with Crippen LogP contribution < -0.4 is 0 Å². The molecule has 0 aliphatic rings. The van der Waals surface area contributed by atoms with Gasteiger partial charge in [0.15, 0.2) is 0 Å². The largest absolute Gasteiger partial charge is 0.452 e. The lowest BCUT2D eigenvalue weighted by Gasteiger charge is -2.06. The van der Waals surface area contributed by atoms with Gasteiger partial charge in [0.05, 0.1) is 24.0 Å². The van der Waals surface area contributed by atoms with E-state index in [2.05, 4.69) is 10.2 Å². The van der Waals surface area contributed by atoms with E-state index in [1.54, 1.807) is 6.20 Å². The molecule has 3 rings (SSSR count). The van der Waals surface area contributed by atoms with Crippen LogP contribution in [0.3, 0.4) is 0 Å². The first-order valence-electron chi connectivity index (χ1n) is 5.50. The highest BCUT2D eigenvalue weighted by Crippen LogP contribution is 2.26. The number of nitrogens with zero attached hydrogens (tertiary/aromatic N) is 2. The normalized spacial score (nSPS) is 10.7. The number of fused-ring (bicyclic) bond motifs is 1. The van der Waals surface area contributed by atoms with Gasteiger partial charge in [-0.15, -0.1) is 0 Å². The average Bonchev–Trinajstić information content (AvgIpc) is 3.04. The van der Waals surface area contributed by atoms with Crippen LogP contribution in [0.15, 0.2) is 42.6 Å². The first-order chi connectivity index (χ1) is 8.81. The highest BCUT2D eigenvalue weighted by molar-refractivity contribution is 5.95. The van der Waals surface area contributed by atoms with Crippen LogP contribution in [0, 0.1) is 0 Å². The lowest BCUT2D eigenvalue weighted by molar-refractivity contribution is 0.174. The molecule has 0 spiro atoms. The summed E-state index contributed by atoms with van der Waals surface area (Å²) >= 11 is 0. The molecule has 0 bridgehead atoms. The first kappa shape index (κ1) is 10.6. The number of rotatable bonds is 1. The number of aromatic nitrogens is 3. The summed E-state index contributed by atoms with van der Waals surface area (Å²) in [5.74, 6) is 0. The summed E-state index contributed by atoms with van der Waals surface area (Å²) in [6, 6.07) is 11.4. The summed E-state index contributed by atoms with van der Waals surface area (Å²) in [5.41, 5.74) is 2.33. The van der Waals surface area contributed by atoms with Crippen molar-refractivity contribution < 1.29 is 9.53 Å². The van der Waals surface area contributed by atoms with Gasteiger partial charge in [-0.1, -0.05) is 18.2 Å². The Hall–Kier alpha value is -2.56. The number of hydrogen-bond acceptors (Lipinski definition) is 3. The minimum absolute atomic E-state index is 0.416. The third kappa shape index (κ3) is 1.48. The molecule has 1 aromatic carbocycles. The minimum Gasteiger partial charge on any atom is -0.452 e. The summed E-state index contributed by atoms with van der Waals surface area (Å²) in [6.45, 7) is 0. The van der Waals surface area contributed by atoms with E-state index in [0.717, 1.165) is 22.3 Å². The fraction of sp³-hybridized carbons (Fsp3) is 0.0769. The summed E-state index contributed by atoms with van der Waals surface area (Å²) in [7, 11) is 1.37. The lowest BCUT2D eigenvalue weighted by atomic mass is 10.2. The fourth-order valence-corrected chi connectivity index (χ4v) is 2.04. The predicted molar refractivity (Wildman–Crippen MR) is 67.3 cm³/mol. The number of aromatic amines is 1. The molecule has 0 saturated carbocycles. The number of ether oxygens (including phenoxy) is 1. The zero-order valence-electron chi connectivity index (χ0n) is 9.75. The van der Waals surface area contributed by atoms with Crippen LogP contribution in [0.5, 0.6) is 0 Å². The Morgan fingerprint density at radius 2 is 2.17 bits per heavy atom. The number of H-pyrrole nitrogens is 1. The van der Waals surface area contributed by atoms with Gasteiger partial charge in [-0.25, -0.2) is 9.36 Å². The van der Waals surface area contributed by atoms with E-state index in [1.165, 1.54) is 11.7 Å². The Morgan fingerprint density at radius 1 is 1.33 bits per heavy atom. The topological polar surface area (TPSA) is 59.9 Å². The van der Waals surface area contributed by atoms with E-state index in [4.69, 9.17) is 4.74 Å². The van der Waals surface area contributed by atoms with Gasteiger partial charge in [0, 0.05) is 11.6 Å². The van der Waals surface area contributed by atoms with Crippen molar-refractivity contribution in [2.24, 2.45) is 0 Å². The molecule has 0 fully saturated rings. The summed E-state index contributed by atoms with van der Waals surface area (Å²) in [6.07, 6.45) is 1.23. The maximum absolute atomic E-state index is 11.9. The van der Waals surface area contributed by atoms with Gasteiger partial charge in [0.2, 0.25) is 0 Å². The number of nitrogens with one attached hydrogen (secondary N) is 1. The summed E-state index contributed by atoms with van der Waals surface area (Å²) < 4.78 is 6.36. The molecule has 0 aliphatic heterocycles. The van der Waals surface area contributed by atoms with Gasteiger partial charge in [-0.2, -0.15) is 5.10 Å². The lowest BCUT2D eigenvalue weighted by Crippen LogP contribution is -2.12. The molecule has 2 heterocycles. The van der Waals surface area contributed by atoms with Crippen LogP contribution in [0.1, 0.15) is 0 Å². The van der Waals surface area contributed by atoms with E-state index in [0.29, 0.717) is 0 Å². The summed E-state index contributed by atoms with van der Waals surface area (Å²) in [5, 5.41) is 7.74. The van der Waals surface area contributed by atoms with E-state index in [9.17, 15) is 4.79 Å². The van der Waals surface area contributed by atoms with Gasteiger partial charge in [0.25, 0.3) is 0 Å². The van der Waals surface area contributed by atoms with Crippen LogP contribution in [0.2, 0.25) is 0 Å². The summed E-state index contributed by atoms with van der Waals surface area (Å²) in [4.78, 5) is 11.9. The third-order valence-corrected chi connectivity index (χ3v) is 2.84. The molecular formula is C13H11N3O2. The first-order valence-corrected chi connectivity index (χ1v) is 5.50. The number of methoxy groups -OCH3 is 1. The van der Waals surface area contributed by atoms with Crippen LogP contribution in [0.4, 0.5) is 4.79 Å². The van der Waals surface area contributed by atoms with Crippen molar-refractivity contribution in [1.29, 1.82) is 0 Å². The molecule has 2 aromatic heterocycles. The Kier molecular flexibility index (Phi) is 2.37. The van der Waals surface area contributed by atoms with Crippen LogP contribution in [-0.4, -0.2) is 28.0 Å². The molecule has 90 valence electrons. The minimum atomic E-state index is -0.416. The van der Waals surface area contributed by atoms with Crippen molar-refractivity contribution in [3.05, 3.63) is 42.6 Å². The second-order valence-electron chi connectivity index (χ2n) is 3.86. The van der Waals surface area contributed by atoms with E-state index >= 15 is 0 Å². The molecule has 0 atom stereocenters. The molecular weight excluding hydrogens is 230 g/mol. The molecule has 1 N–H and O–H groups in total. The van der Waals surface area contributed by atoms with Gasteiger partial charge < -0.3 is 4.74 Å². The van der Waals surface area contributed by atoms with Gasteiger partial charge >= 0.3 is 6.09 Å². The number of carbonyl (C=O) groups is 1. The maximum atomic E-state index is 11.9. The zero-order valence-corrected chi connectivity index (χ0v) is 9.75. The Labute approximate surface area is 103 Å². The van der Waals surface area contributed by atoms with Gasteiger partial charge in [0.1, 0.15) is 0 Å². The van der Waals surface area contributed by atoms with E-state index in [1.807, 2.05) is 36.4 Å². The smallest absolute Gasteiger partial charge is 0.418 e. The van der Waals surface area contributed by atoms with Crippen molar-refractivity contribution in [3.8, 4) is 11.4 Å². The standard InChI is InChI=1S/C13H11N3O2/c1-18-13(17)16-11-5-3-2-4-9(11)8-12(16)10-6-7-14-15-10/h2-8H,1H3,(H,14,15). The molecule has 5 heteroatoms. The van der Waals surface area contributed by atoms with E-state index < -0.39 is 6.09 Å². The maximum Gasteiger partial charge on any atom is 0.418 e. The van der Waals surface area contributed by atoms with Crippen molar-refractivity contribution in [2.45, 2.75) is 0 Å². The molecule has 0 amide bonds.